The number of anilines is 1. The summed E-state index contributed by atoms with van der Waals surface area (Å²) in [7, 11) is 0. The number of hydrogen-bond acceptors (Lipinski definition) is 4. The number of fused-ring (bicyclic) bond motifs is 1. The molecule has 1 aliphatic heterocycles. The monoisotopic (exact) mass is 222 g/mol. The van der Waals surface area contributed by atoms with Crippen molar-refractivity contribution in [3.8, 4) is 5.75 Å². The minimum atomic E-state index is -1.10. The van der Waals surface area contributed by atoms with E-state index in [2.05, 4.69) is 5.32 Å². The van der Waals surface area contributed by atoms with E-state index in [1.165, 1.54) is 0 Å². The Morgan fingerprint density at radius 3 is 2.81 bits per heavy atom. The second kappa shape index (κ2) is 3.96. The lowest BCUT2D eigenvalue weighted by atomic mass is 10.2. The molecule has 1 atom stereocenters. The van der Waals surface area contributed by atoms with E-state index in [0.29, 0.717) is 6.73 Å². The summed E-state index contributed by atoms with van der Waals surface area (Å²) in [6, 6.07) is 7.90. The van der Waals surface area contributed by atoms with E-state index in [4.69, 9.17) is 4.74 Å². The minimum Gasteiger partial charge on any atom is -0.471 e. The van der Waals surface area contributed by atoms with Gasteiger partial charge in [-0.25, -0.2) is 0 Å². The van der Waals surface area contributed by atoms with Crippen molar-refractivity contribution in [3.63, 3.8) is 0 Å². The molecular formula is C12H18N2O2. The third-order valence-corrected chi connectivity index (χ3v) is 2.59. The average Bonchev–Trinajstić information content (AvgIpc) is 2.59. The maximum Gasteiger partial charge on any atom is 0.195 e. The zero-order valence-electron chi connectivity index (χ0n) is 9.90. The Bertz CT molecular complexity index is 377. The Hall–Kier alpha value is -1.26. The lowest BCUT2D eigenvalue weighted by Crippen LogP contribution is -2.59. The number of nitrogens with zero attached hydrogens (tertiary/aromatic N) is 1. The van der Waals surface area contributed by atoms with Gasteiger partial charge in [0, 0.05) is 6.04 Å². The second-order valence-electron chi connectivity index (χ2n) is 4.49. The highest BCUT2D eigenvalue weighted by atomic mass is 16.5. The molecule has 1 aromatic rings. The SMILES string of the molecule is CC(C)NC(C)(O)N1COc2ccccc21. The molecule has 88 valence electrons. The van der Waals surface area contributed by atoms with Crippen molar-refractivity contribution in [2.45, 2.75) is 32.7 Å². The smallest absolute Gasteiger partial charge is 0.195 e. The first kappa shape index (κ1) is 11.2. The zero-order valence-corrected chi connectivity index (χ0v) is 9.90. The van der Waals surface area contributed by atoms with Crippen LogP contribution >= 0.6 is 0 Å². The topological polar surface area (TPSA) is 44.7 Å². The predicted octanol–water partition coefficient (Wildman–Crippen LogP) is 1.51. The van der Waals surface area contributed by atoms with E-state index in [0.717, 1.165) is 11.4 Å². The van der Waals surface area contributed by atoms with Crippen LogP contribution in [-0.4, -0.2) is 23.7 Å². The molecule has 4 heteroatoms. The number of nitrogens with one attached hydrogen (secondary N) is 1. The van der Waals surface area contributed by atoms with Gasteiger partial charge in [0.1, 0.15) is 5.75 Å². The van der Waals surface area contributed by atoms with Gasteiger partial charge in [0.05, 0.1) is 5.69 Å². The summed E-state index contributed by atoms with van der Waals surface area (Å²) in [5, 5.41) is 13.5. The average molecular weight is 222 g/mol. The van der Waals surface area contributed by atoms with Crippen LogP contribution in [0.25, 0.3) is 0 Å². The predicted molar refractivity (Wildman–Crippen MR) is 63.3 cm³/mol. The molecule has 1 aliphatic rings. The van der Waals surface area contributed by atoms with Gasteiger partial charge in [0.25, 0.3) is 0 Å². The molecule has 1 unspecified atom stereocenters. The first-order valence-corrected chi connectivity index (χ1v) is 5.50. The van der Waals surface area contributed by atoms with Crippen molar-refractivity contribution in [2.24, 2.45) is 0 Å². The van der Waals surface area contributed by atoms with Gasteiger partial charge in [-0.15, -0.1) is 0 Å². The molecule has 0 bridgehead atoms. The van der Waals surface area contributed by atoms with Crippen LogP contribution in [0.5, 0.6) is 5.75 Å². The van der Waals surface area contributed by atoms with Crippen molar-refractivity contribution < 1.29 is 9.84 Å². The summed E-state index contributed by atoms with van der Waals surface area (Å²) in [5.41, 5.74) is 0.917. The number of hydrogen-bond donors (Lipinski definition) is 2. The Kier molecular flexibility index (Phi) is 2.78. The minimum absolute atomic E-state index is 0.197. The molecule has 0 radical (unpaired) electrons. The Morgan fingerprint density at radius 1 is 1.44 bits per heavy atom. The maximum absolute atomic E-state index is 10.4. The largest absolute Gasteiger partial charge is 0.471 e. The van der Waals surface area contributed by atoms with Crippen LogP contribution in [0.1, 0.15) is 20.8 Å². The molecule has 2 N–H and O–H groups in total. The van der Waals surface area contributed by atoms with Gasteiger partial charge < -0.3 is 9.84 Å². The Labute approximate surface area is 95.8 Å². The van der Waals surface area contributed by atoms with Crippen LogP contribution in [0.3, 0.4) is 0 Å². The molecule has 4 nitrogen and oxygen atoms in total. The molecule has 0 saturated heterocycles. The van der Waals surface area contributed by atoms with Gasteiger partial charge in [-0.05, 0) is 32.9 Å². The van der Waals surface area contributed by atoms with E-state index in [1.54, 1.807) is 6.92 Å². The van der Waals surface area contributed by atoms with E-state index < -0.39 is 5.85 Å². The van der Waals surface area contributed by atoms with Crippen LogP contribution in [-0.2, 0) is 0 Å². The molecule has 0 amide bonds. The lowest BCUT2D eigenvalue weighted by molar-refractivity contribution is 0.00607. The van der Waals surface area contributed by atoms with Crippen molar-refractivity contribution in [3.05, 3.63) is 24.3 Å². The van der Waals surface area contributed by atoms with Crippen molar-refractivity contribution >= 4 is 5.69 Å². The van der Waals surface area contributed by atoms with Crippen LogP contribution in [0.15, 0.2) is 24.3 Å². The fourth-order valence-electron chi connectivity index (χ4n) is 1.99. The van der Waals surface area contributed by atoms with E-state index in [1.807, 2.05) is 43.0 Å². The maximum atomic E-state index is 10.4. The number of ether oxygens (including phenoxy) is 1. The molecule has 0 aliphatic carbocycles. The molecule has 0 spiro atoms. The van der Waals surface area contributed by atoms with Gasteiger partial charge in [0.2, 0.25) is 0 Å². The zero-order chi connectivity index (χ0) is 11.8. The summed E-state index contributed by atoms with van der Waals surface area (Å²) in [6.07, 6.45) is 0. The summed E-state index contributed by atoms with van der Waals surface area (Å²) < 4.78 is 5.50. The molecule has 16 heavy (non-hydrogen) atoms. The molecular weight excluding hydrogens is 204 g/mol. The lowest BCUT2D eigenvalue weighted by Gasteiger charge is -2.36. The second-order valence-corrected chi connectivity index (χ2v) is 4.49. The molecule has 0 aromatic heterocycles. The van der Waals surface area contributed by atoms with Gasteiger partial charge in [-0.3, -0.25) is 10.2 Å². The highest BCUT2D eigenvalue weighted by Crippen LogP contribution is 2.36. The van der Waals surface area contributed by atoms with Crippen molar-refractivity contribution in [2.75, 3.05) is 11.6 Å². The number of rotatable bonds is 3. The third kappa shape index (κ3) is 1.99. The third-order valence-electron chi connectivity index (χ3n) is 2.59. The Balaban J connectivity index is 2.24. The van der Waals surface area contributed by atoms with Crippen LogP contribution in [0, 0.1) is 0 Å². The summed E-state index contributed by atoms with van der Waals surface area (Å²) in [5.74, 6) is -0.283. The summed E-state index contributed by atoms with van der Waals surface area (Å²) in [6.45, 7) is 6.10. The van der Waals surface area contributed by atoms with Crippen LogP contribution < -0.4 is 15.0 Å². The van der Waals surface area contributed by atoms with Gasteiger partial charge in [-0.2, -0.15) is 0 Å². The standard InChI is InChI=1S/C12H18N2O2/c1-9(2)13-12(3,15)14-8-16-11-7-5-4-6-10(11)14/h4-7,9,13,15H,8H2,1-3H3. The first-order chi connectivity index (χ1) is 7.50. The van der Waals surface area contributed by atoms with Crippen LogP contribution in [0.2, 0.25) is 0 Å². The van der Waals surface area contributed by atoms with E-state index >= 15 is 0 Å². The Morgan fingerprint density at radius 2 is 2.12 bits per heavy atom. The molecule has 0 fully saturated rings. The normalized spacial score (nSPS) is 18.2. The highest BCUT2D eigenvalue weighted by molar-refractivity contribution is 5.62. The molecule has 0 saturated carbocycles. The van der Waals surface area contributed by atoms with Crippen LogP contribution in [0.4, 0.5) is 5.69 Å². The summed E-state index contributed by atoms with van der Waals surface area (Å²) >= 11 is 0. The van der Waals surface area contributed by atoms with E-state index in [-0.39, 0.29) is 6.04 Å². The fourth-order valence-corrected chi connectivity index (χ4v) is 1.99. The molecule has 1 heterocycles. The van der Waals surface area contributed by atoms with Gasteiger partial charge in [0.15, 0.2) is 12.6 Å². The van der Waals surface area contributed by atoms with E-state index in [9.17, 15) is 5.11 Å². The molecule has 2 rings (SSSR count). The quantitative estimate of drug-likeness (QED) is 0.761. The van der Waals surface area contributed by atoms with Gasteiger partial charge in [-0.1, -0.05) is 12.1 Å². The highest BCUT2D eigenvalue weighted by Gasteiger charge is 2.35. The molecule has 1 aromatic carbocycles. The number of para-hydroxylation sites is 2. The number of aliphatic hydroxyl groups is 1. The van der Waals surface area contributed by atoms with Gasteiger partial charge >= 0.3 is 0 Å². The van der Waals surface area contributed by atoms with Crippen molar-refractivity contribution in [1.29, 1.82) is 0 Å². The summed E-state index contributed by atoms with van der Waals surface area (Å²) in [4.78, 5) is 1.81. The van der Waals surface area contributed by atoms with Crippen molar-refractivity contribution in [1.82, 2.24) is 5.32 Å². The fraction of sp³-hybridized carbons (Fsp3) is 0.500. The first-order valence-electron chi connectivity index (χ1n) is 5.50. The number of benzene rings is 1.